The van der Waals surface area contributed by atoms with Gasteiger partial charge in [-0.05, 0) is 5.56 Å². The SMILES string of the molecule is O=C1CCN(C(=O)CS(=O)(=O)Cc2ccccc2)CC1. The highest BCUT2D eigenvalue weighted by Crippen LogP contribution is 2.10. The number of Topliss-reactive ketones (excluding diaryl/α,β-unsaturated/α-hetero) is 1. The van der Waals surface area contributed by atoms with E-state index in [0.717, 1.165) is 0 Å². The van der Waals surface area contributed by atoms with Crippen molar-refractivity contribution in [3.8, 4) is 0 Å². The highest BCUT2D eigenvalue weighted by Gasteiger charge is 2.25. The first-order valence-corrected chi connectivity index (χ1v) is 8.32. The lowest BCUT2D eigenvalue weighted by Crippen LogP contribution is -2.41. The van der Waals surface area contributed by atoms with E-state index in [1.54, 1.807) is 24.3 Å². The van der Waals surface area contributed by atoms with E-state index < -0.39 is 21.5 Å². The van der Waals surface area contributed by atoms with Gasteiger partial charge in [0.05, 0.1) is 5.75 Å². The van der Waals surface area contributed by atoms with E-state index in [0.29, 0.717) is 31.5 Å². The number of hydrogen-bond donors (Lipinski definition) is 0. The first kappa shape index (κ1) is 14.7. The van der Waals surface area contributed by atoms with E-state index in [-0.39, 0.29) is 11.5 Å². The van der Waals surface area contributed by atoms with Crippen molar-refractivity contribution in [2.75, 3.05) is 18.8 Å². The molecule has 0 N–H and O–H groups in total. The third-order valence-electron chi connectivity index (χ3n) is 3.25. The summed E-state index contributed by atoms with van der Waals surface area (Å²) in [5, 5.41) is 0. The summed E-state index contributed by atoms with van der Waals surface area (Å²) in [4.78, 5) is 24.5. The summed E-state index contributed by atoms with van der Waals surface area (Å²) in [7, 11) is -3.47. The molecule has 0 unspecified atom stereocenters. The lowest BCUT2D eigenvalue weighted by Gasteiger charge is -2.25. The summed E-state index contributed by atoms with van der Waals surface area (Å²) in [6, 6.07) is 8.79. The molecule has 6 heteroatoms. The Kier molecular flexibility index (Phi) is 4.54. The van der Waals surface area contributed by atoms with Crippen molar-refractivity contribution >= 4 is 21.5 Å². The number of hydrogen-bond acceptors (Lipinski definition) is 4. The first-order valence-electron chi connectivity index (χ1n) is 6.50. The van der Waals surface area contributed by atoms with Gasteiger partial charge in [0.2, 0.25) is 5.91 Å². The minimum atomic E-state index is -3.47. The number of rotatable bonds is 4. The molecule has 108 valence electrons. The van der Waals surface area contributed by atoms with Crippen LogP contribution in [0.1, 0.15) is 18.4 Å². The van der Waals surface area contributed by atoms with Crippen LogP contribution in [0.4, 0.5) is 0 Å². The molecule has 0 aliphatic carbocycles. The number of ketones is 1. The number of benzene rings is 1. The van der Waals surface area contributed by atoms with Gasteiger partial charge < -0.3 is 4.90 Å². The molecular formula is C14H17NO4S. The maximum atomic E-state index is 12.0. The predicted octanol–water partition coefficient (Wildman–Crippen LogP) is 0.793. The van der Waals surface area contributed by atoms with Gasteiger partial charge in [-0.2, -0.15) is 0 Å². The molecule has 5 nitrogen and oxygen atoms in total. The molecule has 1 amide bonds. The largest absolute Gasteiger partial charge is 0.341 e. The van der Waals surface area contributed by atoms with E-state index in [1.165, 1.54) is 4.90 Å². The summed E-state index contributed by atoms with van der Waals surface area (Å²) in [5.41, 5.74) is 0.675. The molecule has 1 heterocycles. The Bertz CT molecular complexity index is 585. The van der Waals surface area contributed by atoms with Gasteiger partial charge in [0.15, 0.2) is 9.84 Å². The monoisotopic (exact) mass is 295 g/mol. The zero-order valence-electron chi connectivity index (χ0n) is 11.1. The normalized spacial score (nSPS) is 16.2. The van der Waals surface area contributed by atoms with Gasteiger partial charge >= 0.3 is 0 Å². The third-order valence-corrected chi connectivity index (χ3v) is 4.71. The number of carbonyl (C=O) groups excluding carboxylic acids is 2. The summed E-state index contributed by atoms with van der Waals surface area (Å²) in [6.45, 7) is 0.664. The minimum absolute atomic E-state index is 0.126. The van der Waals surface area contributed by atoms with Crippen molar-refractivity contribution in [3.63, 3.8) is 0 Å². The molecule has 0 saturated carbocycles. The van der Waals surface area contributed by atoms with Gasteiger partial charge in [-0.15, -0.1) is 0 Å². The molecule has 1 aromatic rings. The Morgan fingerprint density at radius 3 is 2.30 bits per heavy atom. The lowest BCUT2D eigenvalue weighted by molar-refractivity contribution is -0.132. The third kappa shape index (κ3) is 4.16. The average Bonchev–Trinajstić information content (AvgIpc) is 2.39. The molecule has 1 aromatic carbocycles. The minimum Gasteiger partial charge on any atom is -0.341 e. The number of likely N-dealkylation sites (tertiary alicyclic amines) is 1. The van der Waals surface area contributed by atoms with Crippen LogP contribution in [0.3, 0.4) is 0 Å². The number of amides is 1. The maximum Gasteiger partial charge on any atom is 0.237 e. The predicted molar refractivity (Wildman–Crippen MR) is 74.8 cm³/mol. The molecule has 1 aliphatic rings. The van der Waals surface area contributed by atoms with Crippen LogP contribution in [0.2, 0.25) is 0 Å². The molecule has 0 spiro atoms. The van der Waals surface area contributed by atoms with Crippen molar-refractivity contribution in [1.82, 2.24) is 4.90 Å². The number of piperidine rings is 1. The maximum absolute atomic E-state index is 12.0. The van der Waals surface area contributed by atoms with Crippen LogP contribution in [0.25, 0.3) is 0 Å². The molecular weight excluding hydrogens is 278 g/mol. The van der Waals surface area contributed by atoms with Crippen LogP contribution >= 0.6 is 0 Å². The molecule has 0 bridgehead atoms. The molecule has 1 saturated heterocycles. The van der Waals surface area contributed by atoms with E-state index in [9.17, 15) is 18.0 Å². The van der Waals surface area contributed by atoms with Crippen LogP contribution in [0, 0.1) is 0 Å². The van der Waals surface area contributed by atoms with Crippen molar-refractivity contribution in [2.45, 2.75) is 18.6 Å². The van der Waals surface area contributed by atoms with Crippen LogP contribution in [0.5, 0.6) is 0 Å². The second-order valence-electron chi connectivity index (χ2n) is 4.94. The number of carbonyl (C=O) groups is 2. The van der Waals surface area contributed by atoms with Crippen LogP contribution in [0.15, 0.2) is 30.3 Å². The van der Waals surface area contributed by atoms with Crippen molar-refractivity contribution < 1.29 is 18.0 Å². The average molecular weight is 295 g/mol. The van der Waals surface area contributed by atoms with E-state index in [1.807, 2.05) is 6.07 Å². The van der Waals surface area contributed by atoms with Gasteiger partial charge in [0.25, 0.3) is 0 Å². The molecule has 0 atom stereocenters. The van der Waals surface area contributed by atoms with Gasteiger partial charge in [0.1, 0.15) is 11.5 Å². The van der Waals surface area contributed by atoms with Crippen LogP contribution in [-0.2, 0) is 25.2 Å². The van der Waals surface area contributed by atoms with Crippen LogP contribution in [-0.4, -0.2) is 43.9 Å². The Morgan fingerprint density at radius 2 is 1.70 bits per heavy atom. The van der Waals surface area contributed by atoms with Gasteiger partial charge in [-0.1, -0.05) is 30.3 Å². The highest BCUT2D eigenvalue weighted by molar-refractivity contribution is 7.91. The number of sulfone groups is 1. The van der Waals surface area contributed by atoms with E-state index >= 15 is 0 Å². The highest BCUT2D eigenvalue weighted by atomic mass is 32.2. The Hall–Kier alpha value is -1.69. The van der Waals surface area contributed by atoms with Gasteiger partial charge in [0, 0.05) is 25.9 Å². The fourth-order valence-electron chi connectivity index (χ4n) is 2.16. The Morgan fingerprint density at radius 1 is 1.10 bits per heavy atom. The smallest absolute Gasteiger partial charge is 0.237 e. The van der Waals surface area contributed by atoms with Crippen LogP contribution < -0.4 is 0 Å². The fourth-order valence-corrected chi connectivity index (χ4v) is 3.53. The van der Waals surface area contributed by atoms with Gasteiger partial charge in [-0.3, -0.25) is 9.59 Å². The lowest BCUT2D eigenvalue weighted by atomic mass is 10.1. The topological polar surface area (TPSA) is 71.5 Å². The van der Waals surface area contributed by atoms with Crippen molar-refractivity contribution in [1.29, 1.82) is 0 Å². The Balaban J connectivity index is 1.94. The summed E-state index contributed by atoms with van der Waals surface area (Å²) in [5.74, 6) is -0.905. The van der Waals surface area contributed by atoms with Gasteiger partial charge in [-0.25, -0.2) is 8.42 Å². The summed E-state index contributed by atoms with van der Waals surface area (Å²) < 4.78 is 24.0. The fraction of sp³-hybridized carbons (Fsp3) is 0.429. The first-order chi connectivity index (χ1) is 9.46. The second kappa shape index (κ2) is 6.17. The standard InChI is InChI=1S/C14H17NO4S/c16-13-6-8-15(9-7-13)14(17)11-20(18,19)10-12-4-2-1-3-5-12/h1-5H,6-11H2. The number of nitrogens with zero attached hydrogens (tertiary/aromatic N) is 1. The molecule has 1 fully saturated rings. The molecule has 2 rings (SSSR count). The van der Waals surface area contributed by atoms with E-state index in [4.69, 9.17) is 0 Å². The molecule has 1 aliphatic heterocycles. The summed E-state index contributed by atoms with van der Waals surface area (Å²) in [6.07, 6.45) is 0.648. The van der Waals surface area contributed by atoms with Crippen molar-refractivity contribution in [2.24, 2.45) is 0 Å². The van der Waals surface area contributed by atoms with E-state index in [2.05, 4.69) is 0 Å². The zero-order chi connectivity index (χ0) is 14.6. The quantitative estimate of drug-likeness (QED) is 0.823. The van der Waals surface area contributed by atoms with Crippen molar-refractivity contribution in [3.05, 3.63) is 35.9 Å². The molecule has 20 heavy (non-hydrogen) atoms. The summed E-state index contributed by atoms with van der Waals surface area (Å²) >= 11 is 0. The molecule has 0 aromatic heterocycles. The molecule has 0 radical (unpaired) electrons. The zero-order valence-corrected chi connectivity index (χ0v) is 11.9. The Labute approximate surface area is 118 Å². The second-order valence-corrected chi connectivity index (χ2v) is 7.00.